The molecule has 20 heavy (non-hydrogen) atoms. The Labute approximate surface area is 122 Å². The molecule has 1 atom stereocenters. The number of rotatable bonds is 6. The van der Waals surface area contributed by atoms with E-state index in [0.717, 1.165) is 19.3 Å². The van der Waals surface area contributed by atoms with Crippen LogP contribution in [-0.4, -0.2) is 13.1 Å². The molecule has 1 aromatic rings. The quantitative estimate of drug-likeness (QED) is 0.808. The van der Waals surface area contributed by atoms with Gasteiger partial charge in [0.2, 0.25) is 0 Å². The molecule has 0 radical (unpaired) electrons. The van der Waals surface area contributed by atoms with Crippen molar-refractivity contribution in [3.63, 3.8) is 0 Å². The molecular formula is C17H27NO2. The van der Waals surface area contributed by atoms with Crippen molar-refractivity contribution in [2.45, 2.75) is 52.5 Å². The van der Waals surface area contributed by atoms with Gasteiger partial charge in [0.05, 0.1) is 7.11 Å². The summed E-state index contributed by atoms with van der Waals surface area (Å²) in [6.45, 7) is 6.61. The third kappa shape index (κ3) is 6.20. The summed E-state index contributed by atoms with van der Waals surface area (Å²) in [7, 11) is 1.42. The Hall–Kier alpha value is -1.35. The van der Waals surface area contributed by atoms with Gasteiger partial charge in [-0.2, -0.15) is 0 Å². The van der Waals surface area contributed by atoms with Gasteiger partial charge in [0.1, 0.15) is 0 Å². The van der Waals surface area contributed by atoms with Gasteiger partial charge in [0.15, 0.2) is 0 Å². The summed E-state index contributed by atoms with van der Waals surface area (Å²) in [5.74, 6) is -0.145. The molecule has 0 spiro atoms. The molecule has 1 aromatic carbocycles. The second-order valence-corrected chi connectivity index (χ2v) is 6.54. The molecule has 0 aliphatic rings. The highest BCUT2D eigenvalue weighted by Crippen LogP contribution is 2.27. The Balaban J connectivity index is 2.49. The summed E-state index contributed by atoms with van der Waals surface area (Å²) in [5.41, 5.74) is 8.88. The maximum Gasteiger partial charge on any atom is 0.305 e. The second-order valence-electron chi connectivity index (χ2n) is 6.54. The number of methoxy groups -OCH3 is 1. The third-order valence-electron chi connectivity index (χ3n) is 3.31. The number of aryl methyl sites for hydroxylation is 1. The number of benzene rings is 1. The SMILES string of the molecule is COC(=O)CCCc1ccc(C(N)CC(C)(C)C)cc1. The molecule has 1 rings (SSSR count). The highest BCUT2D eigenvalue weighted by atomic mass is 16.5. The predicted molar refractivity (Wildman–Crippen MR) is 82.4 cm³/mol. The minimum absolute atomic E-state index is 0.0825. The molecule has 1 unspecified atom stereocenters. The predicted octanol–water partition coefficient (Wildman–Crippen LogP) is 3.62. The van der Waals surface area contributed by atoms with Crippen molar-refractivity contribution >= 4 is 5.97 Å². The van der Waals surface area contributed by atoms with Crippen LogP contribution >= 0.6 is 0 Å². The number of carbonyl (C=O) groups is 1. The zero-order chi connectivity index (χ0) is 15.2. The van der Waals surface area contributed by atoms with Crippen molar-refractivity contribution in [1.82, 2.24) is 0 Å². The summed E-state index contributed by atoms with van der Waals surface area (Å²) < 4.78 is 4.63. The Morgan fingerprint density at radius 1 is 1.25 bits per heavy atom. The van der Waals surface area contributed by atoms with E-state index in [0.29, 0.717) is 6.42 Å². The van der Waals surface area contributed by atoms with Crippen LogP contribution in [0.25, 0.3) is 0 Å². The molecule has 0 saturated heterocycles. The standard InChI is InChI=1S/C17H27NO2/c1-17(2,3)12-15(18)14-10-8-13(9-11-14)6-5-7-16(19)20-4/h8-11,15H,5-7,12,18H2,1-4H3. The molecule has 0 amide bonds. The number of carbonyl (C=O) groups excluding carboxylic acids is 1. The van der Waals surface area contributed by atoms with E-state index in [2.05, 4.69) is 49.8 Å². The first-order valence-electron chi connectivity index (χ1n) is 7.23. The normalized spacial score (nSPS) is 13.1. The molecule has 3 nitrogen and oxygen atoms in total. The van der Waals surface area contributed by atoms with Crippen LogP contribution in [0.3, 0.4) is 0 Å². The molecule has 0 aliphatic heterocycles. The smallest absolute Gasteiger partial charge is 0.305 e. The number of ether oxygens (including phenoxy) is 1. The monoisotopic (exact) mass is 277 g/mol. The Morgan fingerprint density at radius 2 is 1.85 bits per heavy atom. The summed E-state index contributed by atoms with van der Waals surface area (Å²) in [4.78, 5) is 11.0. The van der Waals surface area contributed by atoms with E-state index in [1.54, 1.807) is 0 Å². The van der Waals surface area contributed by atoms with Gasteiger partial charge in [-0.25, -0.2) is 0 Å². The van der Waals surface area contributed by atoms with Gasteiger partial charge in [0, 0.05) is 12.5 Å². The van der Waals surface area contributed by atoms with Crippen molar-refractivity contribution in [2.24, 2.45) is 11.1 Å². The first-order valence-corrected chi connectivity index (χ1v) is 7.23. The fraction of sp³-hybridized carbons (Fsp3) is 0.588. The van der Waals surface area contributed by atoms with Crippen LogP contribution in [0.5, 0.6) is 0 Å². The first-order chi connectivity index (χ1) is 9.31. The molecule has 0 aliphatic carbocycles. The fourth-order valence-corrected chi connectivity index (χ4v) is 2.25. The maximum atomic E-state index is 11.0. The van der Waals surface area contributed by atoms with Gasteiger partial charge >= 0.3 is 5.97 Å². The van der Waals surface area contributed by atoms with Crippen LogP contribution in [-0.2, 0) is 16.0 Å². The zero-order valence-electron chi connectivity index (χ0n) is 13.1. The van der Waals surface area contributed by atoms with Crippen LogP contribution < -0.4 is 5.73 Å². The molecule has 112 valence electrons. The summed E-state index contributed by atoms with van der Waals surface area (Å²) >= 11 is 0. The van der Waals surface area contributed by atoms with Gasteiger partial charge < -0.3 is 10.5 Å². The molecule has 0 bridgehead atoms. The maximum absolute atomic E-state index is 11.0. The van der Waals surface area contributed by atoms with Crippen molar-refractivity contribution in [3.05, 3.63) is 35.4 Å². The van der Waals surface area contributed by atoms with E-state index in [1.165, 1.54) is 18.2 Å². The van der Waals surface area contributed by atoms with Gasteiger partial charge in [-0.15, -0.1) is 0 Å². The summed E-state index contributed by atoms with van der Waals surface area (Å²) in [5, 5.41) is 0. The fourth-order valence-electron chi connectivity index (χ4n) is 2.25. The minimum Gasteiger partial charge on any atom is -0.469 e. The lowest BCUT2D eigenvalue weighted by Gasteiger charge is -2.23. The highest BCUT2D eigenvalue weighted by molar-refractivity contribution is 5.69. The molecule has 2 N–H and O–H groups in total. The third-order valence-corrected chi connectivity index (χ3v) is 3.31. The van der Waals surface area contributed by atoms with E-state index in [4.69, 9.17) is 5.73 Å². The molecular weight excluding hydrogens is 250 g/mol. The van der Waals surface area contributed by atoms with Gasteiger partial charge in [-0.05, 0) is 35.8 Å². The lowest BCUT2D eigenvalue weighted by Crippen LogP contribution is -2.18. The van der Waals surface area contributed by atoms with Crippen molar-refractivity contribution in [2.75, 3.05) is 7.11 Å². The molecule has 3 heteroatoms. The van der Waals surface area contributed by atoms with Crippen molar-refractivity contribution < 1.29 is 9.53 Å². The van der Waals surface area contributed by atoms with Crippen LogP contribution in [0.2, 0.25) is 0 Å². The minimum atomic E-state index is -0.145. The molecule has 0 saturated carbocycles. The topological polar surface area (TPSA) is 52.3 Å². The first kappa shape index (κ1) is 16.7. The van der Waals surface area contributed by atoms with Crippen LogP contribution in [0.1, 0.15) is 57.2 Å². The Bertz CT molecular complexity index is 418. The summed E-state index contributed by atoms with van der Waals surface area (Å²) in [6, 6.07) is 8.50. The van der Waals surface area contributed by atoms with Crippen LogP contribution in [0.15, 0.2) is 24.3 Å². The van der Waals surface area contributed by atoms with E-state index in [1.807, 2.05) is 0 Å². The largest absolute Gasteiger partial charge is 0.469 e. The summed E-state index contributed by atoms with van der Waals surface area (Å²) in [6.07, 6.45) is 3.15. The van der Waals surface area contributed by atoms with Crippen LogP contribution in [0, 0.1) is 5.41 Å². The molecule has 0 aromatic heterocycles. The van der Waals surface area contributed by atoms with E-state index < -0.39 is 0 Å². The number of esters is 1. The Morgan fingerprint density at radius 3 is 2.35 bits per heavy atom. The number of hydrogen-bond donors (Lipinski definition) is 1. The zero-order valence-corrected chi connectivity index (χ0v) is 13.1. The van der Waals surface area contributed by atoms with Gasteiger partial charge in [-0.3, -0.25) is 4.79 Å². The van der Waals surface area contributed by atoms with Crippen molar-refractivity contribution in [1.29, 1.82) is 0 Å². The Kier molecular flexibility index (Phi) is 6.21. The average Bonchev–Trinajstić information content (AvgIpc) is 2.37. The number of nitrogens with two attached hydrogens (primary N) is 1. The lowest BCUT2D eigenvalue weighted by molar-refractivity contribution is -0.140. The van der Waals surface area contributed by atoms with Crippen molar-refractivity contribution in [3.8, 4) is 0 Å². The van der Waals surface area contributed by atoms with Gasteiger partial charge in [0.25, 0.3) is 0 Å². The van der Waals surface area contributed by atoms with Gasteiger partial charge in [-0.1, -0.05) is 45.0 Å². The highest BCUT2D eigenvalue weighted by Gasteiger charge is 2.16. The van der Waals surface area contributed by atoms with Crippen LogP contribution in [0.4, 0.5) is 0 Å². The van der Waals surface area contributed by atoms with E-state index in [-0.39, 0.29) is 17.4 Å². The van der Waals surface area contributed by atoms with E-state index >= 15 is 0 Å². The molecule has 0 fully saturated rings. The lowest BCUT2D eigenvalue weighted by atomic mass is 9.85. The van der Waals surface area contributed by atoms with E-state index in [9.17, 15) is 4.79 Å². The number of hydrogen-bond acceptors (Lipinski definition) is 3. The second kappa shape index (κ2) is 7.44. The molecule has 0 heterocycles. The average molecular weight is 277 g/mol.